The normalized spacial score (nSPS) is 29.1. The molecular formula is C13H27NO2. The first-order chi connectivity index (χ1) is 7.83. The largest absolute Gasteiger partial charge is 0.375 e. The van der Waals surface area contributed by atoms with E-state index in [1.807, 2.05) is 0 Å². The van der Waals surface area contributed by atoms with E-state index in [0.29, 0.717) is 12.1 Å². The van der Waals surface area contributed by atoms with Gasteiger partial charge in [-0.15, -0.1) is 0 Å². The van der Waals surface area contributed by atoms with Crippen LogP contribution in [0.2, 0.25) is 0 Å². The molecule has 3 heteroatoms. The van der Waals surface area contributed by atoms with Gasteiger partial charge in [0.15, 0.2) is 0 Å². The van der Waals surface area contributed by atoms with E-state index in [0.717, 1.165) is 26.2 Å². The van der Waals surface area contributed by atoms with Crippen LogP contribution in [0.25, 0.3) is 0 Å². The van der Waals surface area contributed by atoms with Crippen LogP contribution in [0.4, 0.5) is 0 Å². The summed E-state index contributed by atoms with van der Waals surface area (Å²) in [5, 5.41) is 3.44. The molecule has 1 rings (SSSR count). The number of hydrogen-bond donors (Lipinski definition) is 1. The molecule has 0 aromatic rings. The Balaban J connectivity index is 2.16. The lowest BCUT2D eigenvalue weighted by molar-refractivity contribution is -0.145. The van der Waals surface area contributed by atoms with Crippen LogP contribution >= 0.6 is 0 Å². The summed E-state index contributed by atoms with van der Waals surface area (Å²) >= 11 is 0. The second-order valence-electron chi connectivity index (χ2n) is 4.44. The van der Waals surface area contributed by atoms with Crippen molar-refractivity contribution in [2.75, 3.05) is 19.8 Å². The Kier molecular flexibility index (Phi) is 7.01. The van der Waals surface area contributed by atoms with Gasteiger partial charge in [-0.1, -0.05) is 26.7 Å². The SMILES string of the molecule is CCCCCOC1CC(NCC)C1OCC. The molecule has 0 saturated heterocycles. The molecule has 0 aromatic carbocycles. The van der Waals surface area contributed by atoms with Gasteiger partial charge in [0.05, 0.1) is 12.2 Å². The van der Waals surface area contributed by atoms with Crippen LogP contribution in [0.1, 0.15) is 46.5 Å². The molecule has 96 valence electrons. The molecule has 0 heterocycles. The number of rotatable bonds is 9. The second kappa shape index (κ2) is 8.04. The molecule has 0 bridgehead atoms. The fourth-order valence-corrected chi connectivity index (χ4v) is 2.21. The lowest BCUT2D eigenvalue weighted by atomic mass is 9.85. The van der Waals surface area contributed by atoms with Crippen LogP contribution in [0.15, 0.2) is 0 Å². The van der Waals surface area contributed by atoms with Crippen molar-refractivity contribution in [2.45, 2.75) is 64.7 Å². The minimum absolute atomic E-state index is 0.270. The Hall–Kier alpha value is -0.120. The highest BCUT2D eigenvalue weighted by Gasteiger charge is 2.41. The van der Waals surface area contributed by atoms with Gasteiger partial charge < -0.3 is 14.8 Å². The highest BCUT2D eigenvalue weighted by atomic mass is 16.5. The fraction of sp³-hybridized carbons (Fsp3) is 1.00. The van der Waals surface area contributed by atoms with Gasteiger partial charge in [0.25, 0.3) is 0 Å². The molecule has 1 N–H and O–H groups in total. The molecule has 16 heavy (non-hydrogen) atoms. The van der Waals surface area contributed by atoms with Gasteiger partial charge in [0.1, 0.15) is 0 Å². The van der Waals surface area contributed by atoms with Crippen molar-refractivity contribution in [3.63, 3.8) is 0 Å². The van der Waals surface area contributed by atoms with E-state index in [4.69, 9.17) is 9.47 Å². The summed E-state index contributed by atoms with van der Waals surface area (Å²) in [6.45, 7) is 9.08. The van der Waals surface area contributed by atoms with E-state index < -0.39 is 0 Å². The van der Waals surface area contributed by atoms with Gasteiger partial charge in [-0.3, -0.25) is 0 Å². The van der Waals surface area contributed by atoms with Gasteiger partial charge in [-0.2, -0.15) is 0 Å². The molecule has 0 spiro atoms. The standard InChI is InChI=1S/C13H27NO2/c1-4-7-8-9-16-12-10-11(14-5-2)13(12)15-6-3/h11-14H,4-10H2,1-3H3. The topological polar surface area (TPSA) is 30.5 Å². The quantitative estimate of drug-likeness (QED) is 0.616. The molecule has 1 saturated carbocycles. The molecule has 1 aliphatic rings. The molecule has 0 aromatic heterocycles. The second-order valence-corrected chi connectivity index (χ2v) is 4.44. The lowest BCUT2D eigenvalue weighted by Crippen LogP contribution is -2.60. The lowest BCUT2D eigenvalue weighted by Gasteiger charge is -2.44. The van der Waals surface area contributed by atoms with Gasteiger partial charge in [-0.05, 0) is 26.3 Å². The summed E-state index contributed by atoms with van der Waals surface area (Å²) < 4.78 is 11.6. The van der Waals surface area contributed by atoms with E-state index >= 15 is 0 Å². The average Bonchev–Trinajstić information content (AvgIpc) is 2.28. The van der Waals surface area contributed by atoms with E-state index in [1.54, 1.807) is 0 Å². The predicted octanol–water partition coefficient (Wildman–Crippen LogP) is 2.35. The van der Waals surface area contributed by atoms with Crippen molar-refractivity contribution in [1.82, 2.24) is 5.32 Å². The zero-order valence-corrected chi connectivity index (χ0v) is 11.0. The van der Waals surface area contributed by atoms with Crippen LogP contribution < -0.4 is 5.32 Å². The van der Waals surface area contributed by atoms with Crippen molar-refractivity contribution >= 4 is 0 Å². The maximum atomic E-state index is 5.86. The van der Waals surface area contributed by atoms with Crippen molar-refractivity contribution in [1.29, 1.82) is 0 Å². The zero-order valence-electron chi connectivity index (χ0n) is 11.0. The van der Waals surface area contributed by atoms with Crippen molar-refractivity contribution in [2.24, 2.45) is 0 Å². The van der Waals surface area contributed by atoms with Crippen molar-refractivity contribution < 1.29 is 9.47 Å². The molecule has 1 fully saturated rings. The van der Waals surface area contributed by atoms with Crippen molar-refractivity contribution in [3.05, 3.63) is 0 Å². The third-order valence-corrected chi connectivity index (χ3v) is 3.15. The van der Waals surface area contributed by atoms with E-state index in [-0.39, 0.29) is 6.10 Å². The minimum Gasteiger partial charge on any atom is -0.375 e. The number of hydrogen-bond acceptors (Lipinski definition) is 3. The molecular weight excluding hydrogens is 202 g/mol. The smallest absolute Gasteiger partial charge is 0.0990 e. The monoisotopic (exact) mass is 229 g/mol. The average molecular weight is 229 g/mol. The van der Waals surface area contributed by atoms with E-state index in [2.05, 4.69) is 26.1 Å². The molecule has 0 amide bonds. The van der Waals surface area contributed by atoms with E-state index in [1.165, 1.54) is 19.3 Å². The molecule has 3 nitrogen and oxygen atoms in total. The molecule has 0 radical (unpaired) electrons. The number of ether oxygens (including phenoxy) is 2. The fourth-order valence-electron chi connectivity index (χ4n) is 2.21. The summed E-state index contributed by atoms with van der Waals surface area (Å²) in [6.07, 6.45) is 5.39. The van der Waals surface area contributed by atoms with E-state index in [9.17, 15) is 0 Å². The highest BCUT2D eigenvalue weighted by molar-refractivity contribution is 4.97. The van der Waals surface area contributed by atoms with Crippen LogP contribution in [-0.4, -0.2) is 38.0 Å². The third kappa shape index (κ3) is 4.04. The zero-order chi connectivity index (χ0) is 11.8. The predicted molar refractivity (Wildman–Crippen MR) is 66.8 cm³/mol. The highest BCUT2D eigenvalue weighted by Crippen LogP contribution is 2.27. The van der Waals surface area contributed by atoms with Gasteiger partial charge in [0, 0.05) is 19.3 Å². The summed E-state index contributed by atoms with van der Waals surface area (Å²) in [5.41, 5.74) is 0. The first-order valence-corrected chi connectivity index (χ1v) is 6.80. The van der Waals surface area contributed by atoms with Gasteiger partial charge >= 0.3 is 0 Å². The van der Waals surface area contributed by atoms with Gasteiger partial charge in [-0.25, -0.2) is 0 Å². The summed E-state index contributed by atoms with van der Waals surface area (Å²) in [5.74, 6) is 0. The Bertz CT molecular complexity index is 175. The molecule has 3 unspecified atom stereocenters. The summed E-state index contributed by atoms with van der Waals surface area (Å²) in [4.78, 5) is 0. The number of nitrogens with one attached hydrogen (secondary N) is 1. The Morgan fingerprint density at radius 1 is 1.12 bits per heavy atom. The van der Waals surface area contributed by atoms with Crippen LogP contribution in [-0.2, 0) is 9.47 Å². The number of unbranched alkanes of at least 4 members (excludes halogenated alkanes) is 2. The van der Waals surface area contributed by atoms with Crippen LogP contribution in [0, 0.1) is 0 Å². The van der Waals surface area contributed by atoms with Crippen LogP contribution in [0.5, 0.6) is 0 Å². The molecule has 0 aliphatic heterocycles. The Morgan fingerprint density at radius 3 is 2.56 bits per heavy atom. The summed E-state index contributed by atoms with van der Waals surface area (Å²) in [6, 6.07) is 0.501. The number of likely N-dealkylation sites (N-methyl/N-ethyl adjacent to an activating group) is 1. The Labute approximate surface area is 99.9 Å². The first-order valence-electron chi connectivity index (χ1n) is 6.80. The third-order valence-electron chi connectivity index (χ3n) is 3.15. The molecule has 3 atom stereocenters. The van der Waals surface area contributed by atoms with Gasteiger partial charge in [0.2, 0.25) is 0 Å². The maximum Gasteiger partial charge on any atom is 0.0990 e. The summed E-state index contributed by atoms with van der Waals surface area (Å²) in [7, 11) is 0. The first kappa shape index (κ1) is 13.9. The molecule has 1 aliphatic carbocycles. The minimum atomic E-state index is 0.270. The Morgan fingerprint density at radius 2 is 1.94 bits per heavy atom. The van der Waals surface area contributed by atoms with Crippen LogP contribution in [0.3, 0.4) is 0 Å². The maximum absolute atomic E-state index is 5.86. The van der Waals surface area contributed by atoms with Crippen molar-refractivity contribution in [3.8, 4) is 0 Å².